The Hall–Kier alpha value is -0.440. The first-order valence-electron chi connectivity index (χ1n) is 1.31. The Morgan fingerprint density at radius 3 is 2.33 bits per heavy atom. The molecule has 0 aromatic carbocycles. The fourth-order valence-electron chi connectivity index (χ4n) is 0.0638. The minimum atomic E-state index is -0.447. The molecule has 0 fully saturated rings. The van der Waals surface area contributed by atoms with Gasteiger partial charge in [-0.2, -0.15) is 0 Å². The number of aliphatic hydroxyl groups is 1. The molecule has 0 bridgehead atoms. The summed E-state index contributed by atoms with van der Waals surface area (Å²) in [4.78, 5) is 9.66. The summed E-state index contributed by atoms with van der Waals surface area (Å²) in [5.41, 5.74) is 0. The van der Waals surface area contributed by atoms with Crippen molar-refractivity contribution in [2.24, 2.45) is 0 Å². The minimum absolute atomic E-state index is 0.447. The molecule has 0 saturated heterocycles. The molecule has 0 spiro atoms. The van der Waals surface area contributed by atoms with Crippen LogP contribution in [-0.2, 0) is 4.79 Å². The zero-order valence-corrected chi connectivity index (χ0v) is 3.85. The molecule has 1 N–H and O–H groups in total. The fourth-order valence-corrected chi connectivity index (χ4v) is 0.130. The number of carbonyl (C=O) groups is 1. The maximum absolute atomic E-state index is 9.66. The van der Waals surface area contributed by atoms with E-state index in [0.29, 0.717) is 6.26 Å². The van der Waals surface area contributed by atoms with E-state index in [1.54, 1.807) is 0 Å². The normalized spacial score (nSPS) is 9.50. The van der Waals surface area contributed by atoms with Gasteiger partial charge >= 0.3 is 0 Å². The van der Waals surface area contributed by atoms with Crippen LogP contribution in [0.2, 0.25) is 0 Å². The van der Waals surface area contributed by atoms with Crippen LogP contribution in [0.25, 0.3) is 0 Å². The second kappa shape index (κ2) is 2.78. The molecule has 34 valence electrons. The Morgan fingerprint density at radius 1 is 1.83 bits per heavy atom. The largest absolute Gasteiger partial charge is 0.515 e. The van der Waals surface area contributed by atoms with Gasteiger partial charge in [-0.1, -0.05) is 0 Å². The number of carbonyl (C=O) groups excluding carboxylic acids is 1. The van der Waals surface area contributed by atoms with Crippen molar-refractivity contribution in [3.63, 3.8) is 0 Å². The number of hydrogen-bond donors (Lipinski definition) is 2. The fraction of sp³-hybridized carbons (Fsp3) is 0. The Bertz CT molecular complexity index is 76.9. The third-order valence-electron chi connectivity index (χ3n) is 0.217. The quantitative estimate of drug-likeness (QED) is 0.289. The van der Waals surface area contributed by atoms with Crippen molar-refractivity contribution in [3.05, 3.63) is 12.3 Å². The third-order valence-corrected chi connectivity index (χ3v) is 0.366. The van der Waals surface area contributed by atoms with Crippen molar-refractivity contribution in [3.8, 4) is 0 Å². The van der Waals surface area contributed by atoms with Crippen LogP contribution in [-0.4, -0.2) is 10.2 Å². The smallest absolute Gasteiger partial charge is 0.212 e. The van der Waals surface area contributed by atoms with E-state index in [-0.39, 0.29) is 0 Å². The van der Waals surface area contributed by atoms with Crippen LogP contribution in [0.1, 0.15) is 0 Å². The summed E-state index contributed by atoms with van der Waals surface area (Å²) < 4.78 is 0. The van der Waals surface area contributed by atoms with Gasteiger partial charge in [0.25, 0.3) is 0 Å². The zero-order chi connectivity index (χ0) is 4.99. The highest BCUT2D eigenvalue weighted by Crippen LogP contribution is 1.76. The highest BCUT2D eigenvalue weighted by molar-refractivity contribution is 7.97. The standard InChI is InChI=1S/C3H4O2S/c4-2-1-3(5)6/h1-2,4H,(H,5,6)/b2-1-. The van der Waals surface area contributed by atoms with Crippen molar-refractivity contribution in [1.29, 1.82) is 0 Å². The number of thiol groups is 1. The maximum atomic E-state index is 9.66. The molecule has 0 unspecified atom stereocenters. The van der Waals surface area contributed by atoms with Gasteiger partial charge in [-0.15, -0.1) is 12.6 Å². The molecule has 3 heteroatoms. The molecule has 6 heavy (non-hydrogen) atoms. The molecule has 0 saturated carbocycles. The molecule has 0 aromatic heterocycles. The number of aliphatic hydroxyl groups excluding tert-OH is 1. The molecule has 0 aliphatic rings. The summed E-state index contributed by atoms with van der Waals surface area (Å²) in [6, 6.07) is 0. The van der Waals surface area contributed by atoms with Gasteiger partial charge in [0, 0.05) is 6.08 Å². The van der Waals surface area contributed by atoms with Crippen LogP contribution in [0.3, 0.4) is 0 Å². The van der Waals surface area contributed by atoms with Crippen LogP contribution >= 0.6 is 12.6 Å². The van der Waals surface area contributed by atoms with E-state index in [2.05, 4.69) is 12.6 Å². The minimum Gasteiger partial charge on any atom is -0.515 e. The molecular formula is C3H4O2S. The first kappa shape index (κ1) is 5.56. The van der Waals surface area contributed by atoms with Crippen molar-refractivity contribution in [2.75, 3.05) is 0 Å². The van der Waals surface area contributed by atoms with E-state index in [1.807, 2.05) is 0 Å². The van der Waals surface area contributed by atoms with Gasteiger partial charge < -0.3 is 5.11 Å². The number of hydrogen-bond acceptors (Lipinski definition) is 2. The van der Waals surface area contributed by atoms with Crippen LogP contribution in [0.4, 0.5) is 0 Å². The zero-order valence-electron chi connectivity index (χ0n) is 2.96. The second-order valence-electron chi connectivity index (χ2n) is 0.654. The summed E-state index contributed by atoms with van der Waals surface area (Å²) in [5.74, 6) is 0. The lowest BCUT2D eigenvalue weighted by Crippen LogP contribution is -1.71. The van der Waals surface area contributed by atoms with Gasteiger partial charge in [-0.25, -0.2) is 0 Å². The highest BCUT2D eigenvalue weighted by Gasteiger charge is 1.76. The predicted molar refractivity (Wildman–Crippen MR) is 25.8 cm³/mol. The molecule has 0 aliphatic carbocycles. The first-order chi connectivity index (χ1) is 2.77. The second-order valence-corrected chi connectivity index (χ2v) is 1.09. The van der Waals surface area contributed by atoms with Crippen molar-refractivity contribution < 1.29 is 9.90 Å². The van der Waals surface area contributed by atoms with Gasteiger partial charge in [0.05, 0.1) is 6.26 Å². The Labute approximate surface area is 40.9 Å². The monoisotopic (exact) mass is 104 g/mol. The molecule has 0 rings (SSSR count). The van der Waals surface area contributed by atoms with Crippen molar-refractivity contribution >= 4 is 17.7 Å². The third kappa shape index (κ3) is 3.56. The van der Waals surface area contributed by atoms with Crippen LogP contribution in [0.5, 0.6) is 0 Å². The lowest BCUT2D eigenvalue weighted by Gasteiger charge is -1.67. The average Bonchev–Trinajstić information content (AvgIpc) is 1.35. The lowest BCUT2D eigenvalue weighted by molar-refractivity contribution is -0.106. The van der Waals surface area contributed by atoms with Crippen LogP contribution < -0.4 is 0 Å². The topological polar surface area (TPSA) is 37.3 Å². The molecule has 0 aromatic rings. The summed E-state index contributed by atoms with van der Waals surface area (Å²) in [7, 11) is 0. The SMILES string of the molecule is O=C(S)/C=C\O. The lowest BCUT2D eigenvalue weighted by atomic mass is 10.7. The molecule has 2 nitrogen and oxygen atoms in total. The summed E-state index contributed by atoms with van der Waals surface area (Å²) >= 11 is 3.29. The number of rotatable bonds is 1. The van der Waals surface area contributed by atoms with E-state index in [9.17, 15) is 4.79 Å². The van der Waals surface area contributed by atoms with Crippen LogP contribution in [0.15, 0.2) is 12.3 Å². The first-order valence-corrected chi connectivity index (χ1v) is 1.76. The summed E-state index contributed by atoms with van der Waals surface area (Å²) in [5, 5.41) is 7.34. The Morgan fingerprint density at radius 2 is 2.33 bits per heavy atom. The average molecular weight is 104 g/mol. The highest BCUT2D eigenvalue weighted by atomic mass is 32.1. The summed E-state index contributed by atoms with van der Waals surface area (Å²) in [6.45, 7) is 0. The molecule has 0 radical (unpaired) electrons. The maximum Gasteiger partial charge on any atom is 0.212 e. The van der Waals surface area contributed by atoms with Gasteiger partial charge in [0.2, 0.25) is 5.12 Å². The van der Waals surface area contributed by atoms with E-state index in [0.717, 1.165) is 6.08 Å². The van der Waals surface area contributed by atoms with E-state index >= 15 is 0 Å². The molecule has 0 atom stereocenters. The van der Waals surface area contributed by atoms with Gasteiger partial charge in [0.1, 0.15) is 0 Å². The molecular weight excluding hydrogens is 100 g/mol. The van der Waals surface area contributed by atoms with Gasteiger partial charge in [-0.05, 0) is 0 Å². The van der Waals surface area contributed by atoms with Crippen molar-refractivity contribution in [1.82, 2.24) is 0 Å². The Kier molecular flexibility index (Phi) is 2.58. The van der Waals surface area contributed by atoms with Crippen molar-refractivity contribution in [2.45, 2.75) is 0 Å². The van der Waals surface area contributed by atoms with Crippen LogP contribution in [0, 0.1) is 0 Å². The Balaban J connectivity index is 3.30. The summed E-state index contributed by atoms with van der Waals surface area (Å²) in [6.07, 6.45) is 1.60. The molecule has 0 amide bonds. The van der Waals surface area contributed by atoms with Gasteiger partial charge in [-0.3, -0.25) is 4.79 Å². The molecule has 0 heterocycles. The molecule has 0 aliphatic heterocycles. The predicted octanol–water partition coefficient (Wildman–Crippen LogP) is 0.514. The van der Waals surface area contributed by atoms with Gasteiger partial charge in [0.15, 0.2) is 0 Å². The van der Waals surface area contributed by atoms with E-state index in [4.69, 9.17) is 5.11 Å². The van der Waals surface area contributed by atoms with E-state index in [1.165, 1.54) is 0 Å². The van der Waals surface area contributed by atoms with E-state index < -0.39 is 5.12 Å².